The number of carbonyl (C=O) groups excluding carboxylic acids is 3. The summed E-state index contributed by atoms with van der Waals surface area (Å²) in [5.41, 5.74) is 1.40. The predicted molar refractivity (Wildman–Crippen MR) is 102 cm³/mol. The lowest BCUT2D eigenvalue weighted by Crippen LogP contribution is -2.36. The normalized spacial score (nSPS) is 12.1. The van der Waals surface area contributed by atoms with Crippen molar-refractivity contribution in [1.29, 1.82) is 0 Å². The molecule has 0 atom stereocenters. The second-order valence-electron chi connectivity index (χ2n) is 6.05. The fraction of sp³-hybridized carbons (Fsp3) is 0.250. The van der Waals surface area contributed by atoms with E-state index in [1.54, 1.807) is 30.3 Å². The molecule has 146 valence electrons. The van der Waals surface area contributed by atoms with Gasteiger partial charge in [0.2, 0.25) is 11.8 Å². The van der Waals surface area contributed by atoms with E-state index in [2.05, 4.69) is 10.1 Å². The van der Waals surface area contributed by atoms with Crippen LogP contribution < -0.4 is 19.7 Å². The summed E-state index contributed by atoms with van der Waals surface area (Å²) in [4.78, 5) is 37.3. The number of hydrogen-bond acceptors (Lipinski definition) is 6. The number of amides is 2. The number of nitrogens with zero attached hydrogens (tertiary/aromatic N) is 1. The van der Waals surface area contributed by atoms with Crippen LogP contribution in [0.15, 0.2) is 42.5 Å². The van der Waals surface area contributed by atoms with Crippen molar-refractivity contribution in [1.82, 2.24) is 0 Å². The Morgan fingerprint density at radius 1 is 1.04 bits per heavy atom. The first-order valence-corrected chi connectivity index (χ1v) is 8.64. The van der Waals surface area contributed by atoms with E-state index in [1.165, 1.54) is 31.1 Å². The molecule has 28 heavy (non-hydrogen) atoms. The van der Waals surface area contributed by atoms with Crippen molar-refractivity contribution in [3.05, 3.63) is 48.0 Å². The second kappa shape index (κ2) is 8.43. The number of carbonyl (C=O) groups is 3. The zero-order valence-electron chi connectivity index (χ0n) is 15.6. The number of fused-ring (bicyclic) bond motifs is 1. The maximum atomic E-state index is 12.4. The number of rotatable bonds is 5. The Hall–Kier alpha value is -3.55. The standard InChI is InChI=1S/C20H20N2O6/c1-13(23)22(16-6-3-14(4-7-16)20(25)26-2)12-19(24)21-15-5-8-17-18(11-15)28-10-9-27-17/h3-8,11H,9-10,12H2,1-2H3,(H,21,24). The molecule has 1 aliphatic heterocycles. The van der Waals surface area contributed by atoms with Crippen molar-refractivity contribution in [2.24, 2.45) is 0 Å². The molecular weight excluding hydrogens is 364 g/mol. The lowest BCUT2D eigenvalue weighted by molar-refractivity contribution is -0.120. The number of methoxy groups -OCH3 is 1. The maximum Gasteiger partial charge on any atom is 0.337 e. The summed E-state index contributed by atoms with van der Waals surface area (Å²) in [6, 6.07) is 11.4. The average Bonchev–Trinajstić information content (AvgIpc) is 2.71. The van der Waals surface area contributed by atoms with Gasteiger partial charge in [-0.25, -0.2) is 4.79 Å². The first-order chi connectivity index (χ1) is 13.5. The van der Waals surface area contributed by atoms with Crippen LogP contribution in [-0.4, -0.2) is 44.7 Å². The fourth-order valence-electron chi connectivity index (χ4n) is 2.74. The van der Waals surface area contributed by atoms with Crippen LogP contribution in [0.2, 0.25) is 0 Å². The van der Waals surface area contributed by atoms with Crippen molar-refractivity contribution in [3.63, 3.8) is 0 Å². The number of esters is 1. The largest absolute Gasteiger partial charge is 0.486 e. The Kier molecular flexibility index (Phi) is 5.78. The summed E-state index contributed by atoms with van der Waals surface area (Å²) in [5, 5.41) is 2.74. The third-order valence-electron chi connectivity index (χ3n) is 4.11. The Morgan fingerprint density at radius 2 is 1.71 bits per heavy atom. The Balaban J connectivity index is 1.69. The number of hydrogen-bond donors (Lipinski definition) is 1. The summed E-state index contributed by atoms with van der Waals surface area (Å²) in [7, 11) is 1.29. The summed E-state index contributed by atoms with van der Waals surface area (Å²) in [6.45, 7) is 2.12. The molecule has 2 aromatic carbocycles. The molecule has 0 radical (unpaired) electrons. The molecular formula is C20H20N2O6. The minimum atomic E-state index is -0.475. The fourth-order valence-corrected chi connectivity index (χ4v) is 2.74. The van der Waals surface area contributed by atoms with Crippen LogP contribution in [0.3, 0.4) is 0 Å². The molecule has 0 aliphatic carbocycles. The second-order valence-corrected chi connectivity index (χ2v) is 6.05. The van der Waals surface area contributed by atoms with E-state index < -0.39 is 5.97 Å². The molecule has 0 saturated heterocycles. The van der Waals surface area contributed by atoms with Crippen molar-refractivity contribution >= 4 is 29.2 Å². The van der Waals surface area contributed by atoms with Crippen LogP contribution in [0.5, 0.6) is 11.5 Å². The Labute approximate surface area is 162 Å². The van der Waals surface area contributed by atoms with Crippen molar-refractivity contribution < 1.29 is 28.6 Å². The minimum absolute atomic E-state index is 0.179. The van der Waals surface area contributed by atoms with Crippen LogP contribution in [0.1, 0.15) is 17.3 Å². The molecule has 0 spiro atoms. The Bertz CT molecular complexity index is 894. The monoisotopic (exact) mass is 384 g/mol. The van der Waals surface area contributed by atoms with Gasteiger partial charge in [0.15, 0.2) is 11.5 Å². The molecule has 0 bridgehead atoms. The summed E-state index contributed by atoms with van der Waals surface area (Å²) in [6.07, 6.45) is 0. The van der Waals surface area contributed by atoms with Crippen LogP contribution in [0.4, 0.5) is 11.4 Å². The third-order valence-corrected chi connectivity index (χ3v) is 4.11. The van der Waals surface area contributed by atoms with E-state index in [9.17, 15) is 14.4 Å². The Morgan fingerprint density at radius 3 is 2.36 bits per heavy atom. The van der Waals surface area contributed by atoms with Gasteiger partial charge in [0.1, 0.15) is 19.8 Å². The first-order valence-electron chi connectivity index (χ1n) is 8.64. The van der Waals surface area contributed by atoms with Gasteiger partial charge in [-0.15, -0.1) is 0 Å². The zero-order chi connectivity index (χ0) is 20.1. The highest BCUT2D eigenvalue weighted by Gasteiger charge is 2.18. The van der Waals surface area contributed by atoms with Gasteiger partial charge >= 0.3 is 5.97 Å². The molecule has 1 heterocycles. The van der Waals surface area contributed by atoms with Crippen molar-refractivity contribution in [2.45, 2.75) is 6.92 Å². The molecule has 1 aliphatic rings. The average molecular weight is 384 g/mol. The molecule has 1 N–H and O–H groups in total. The molecule has 0 fully saturated rings. The topological polar surface area (TPSA) is 94.2 Å². The number of ether oxygens (including phenoxy) is 3. The summed E-state index contributed by atoms with van der Waals surface area (Å²) >= 11 is 0. The van der Waals surface area contributed by atoms with Gasteiger partial charge < -0.3 is 24.4 Å². The van der Waals surface area contributed by atoms with E-state index >= 15 is 0 Å². The van der Waals surface area contributed by atoms with Crippen LogP contribution >= 0.6 is 0 Å². The highest BCUT2D eigenvalue weighted by atomic mass is 16.6. The highest BCUT2D eigenvalue weighted by Crippen LogP contribution is 2.32. The molecule has 0 unspecified atom stereocenters. The summed E-state index contributed by atoms with van der Waals surface area (Å²) in [5.74, 6) is 0.0375. The van der Waals surface area contributed by atoms with E-state index in [1.807, 2.05) is 0 Å². The van der Waals surface area contributed by atoms with E-state index in [0.717, 1.165) is 0 Å². The van der Waals surface area contributed by atoms with E-state index in [4.69, 9.17) is 9.47 Å². The molecule has 8 nitrogen and oxygen atoms in total. The predicted octanol–water partition coefficient (Wildman–Crippen LogP) is 2.24. The van der Waals surface area contributed by atoms with Gasteiger partial charge in [-0.2, -0.15) is 0 Å². The maximum absolute atomic E-state index is 12.4. The lowest BCUT2D eigenvalue weighted by Gasteiger charge is -2.22. The first kappa shape index (κ1) is 19.2. The van der Waals surface area contributed by atoms with Crippen LogP contribution in [0.25, 0.3) is 0 Å². The highest BCUT2D eigenvalue weighted by molar-refractivity contribution is 6.02. The molecule has 3 rings (SSSR count). The third kappa shape index (κ3) is 4.40. The van der Waals surface area contributed by atoms with E-state index in [-0.39, 0.29) is 18.4 Å². The molecule has 0 aromatic heterocycles. The number of benzene rings is 2. The van der Waals surface area contributed by atoms with Gasteiger partial charge in [0, 0.05) is 24.4 Å². The quantitative estimate of drug-likeness (QED) is 0.795. The van der Waals surface area contributed by atoms with Crippen molar-refractivity contribution in [2.75, 3.05) is 37.1 Å². The van der Waals surface area contributed by atoms with Gasteiger partial charge in [-0.1, -0.05) is 0 Å². The number of anilines is 2. The van der Waals surface area contributed by atoms with Gasteiger partial charge in [-0.05, 0) is 36.4 Å². The lowest BCUT2D eigenvalue weighted by atomic mass is 10.2. The molecule has 2 aromatic rings. The van der Waals surface area contributed by atoms with Gasteiger partial charge in [0.05, 0.1) is 12.7 Å². The van der Waals surface area contributed by atoms with Crippen molar-refractivity contribution in [3.8, 4) is 11.5 Å². The molecule has 2 amide bonds. The van der Waals surface area contributed by atoms with Crippen LogP contribution in [0, 0.1) is 0 Å². The zero-order valence-corrected chi connectivity index (χ0v) is 15.6. The molecule has 0 saturated carbocycles. The van der Waals surface area contributed by atoms with E-state index in [0.29, 0.717) is 41.7 Å². The number of nitrogens with one attached hydrogen (secondary N) is 1. The van der Waals surface area contributed by atoms with Gasteiger partial charge in [-0.3, -0.25) is 9.59 Å². The SMILES string of the molecule is COC(=O)c1ccc(N(CC(=O)Nc2ccc3c(c2)OCCO3)C(C)=O)cc1. The van der Waals surface area contributed by atoms with Gasteiger partial charge in [0.25, 0.3) is 0 Å². The summed E-state index contributed by atoms with van der Waals surface area (Å²) < 4.78 is 15.6. The smallest absolute Gasteiger partial charge is 0.337 e. The minimum Gasteiger partial charge on any atom is -0.486 e. The van der Waals surface area contributed by atoms with Crippen LogP contribution in [-0.2, 0) is 14.3 Å². The molecule has 8 heteroatoms.